The van der Waals surface area contributed by atoms with E-state index in [0.29, 0.717) is 29.2 Å². The number of alkyl halides is 3. The molecule has 6 nitrogen and oxygen atoms in total. The molecule has 2 bridgehead atoms. The van der Waals surface area contributed by atoms with Crippen LogP contribution in [-0.4, -0.2) is 35.1 Å². The summed E-state index contributed by atoms with van der Waals surface area (Å²) >= 11 is 5.98. The van der Waals surface area contributed by atoms with Gasteiger partial charge in [0, 0.05) is 34.7 Å². The number of aliphatic hydroxyl groups excluding tert-OH is 1. The van der Waals surface area contributed by atoms with Crippen LogP contribution in [0.5, 0.6) is 5.75 Å². The zero-order valence-electron chi connectivity index (χ0n) is 18.5. The number of hydrogen-bond donors (Lipinski definition) is 3. The van der Waals surface area contributed by atoms with E-state index < -0.39 is 29.9 Å². The molecule has 0 unspecified atom stereocenters. The molecule has 2 aromatic carbocycles. The van der Waals surface area contributed by atoms with Crippen LogP contribution in [0, 0.1) is 11.8 Å². The number of nitrogens with one attached hydrogen (secondary N) is 2. The third kappa shape index (κ3) is 4.84. The van der Waals surface area contributed by atoms with Gasteiger partial charge in [-0.15, -0.1) is 0 Å². The molecule has 10 heteroatoms. The Bertz CT molecular complexity index is 1140. The van der Waals surface area contributed by atoms with E-state index in [1.54, 1.807) is 18.2 Å². The van der Waals surface area contributed by atoms with Crippen LogP contribution < -0.4 is 15.4 Å². The lowest BCUT2D eigenvalue weighted by atomic mass is 9.90. The lowest BCUT2D eigenvalue weighted by Gasteiger charge is -2.32. The minimum atomic E-state index is -4.45. The summed E-state index contributed by atoms with van der Waals surface area (Å²) in [6.07, 6.45) is -3.76. The number of carbonyl (C=O) groups is 2. The number of fused-ring (bicyclic) bond motifs is 3. The number of aliphatic hydroxyl groups is 1. The molecule has 2 saturated carbocycles. The Kier molecular flexibility index (Phi) is 6.17. The molecule has 2 aromatic rings. The molecule has 0 spiro atoms. The second-order valence-corrected chi connectivity index (χ2v) is 9.97. The lowest BCUT2D eigenvalue weighted by molar-refractivity contribution is -0.137. The third-order valence-electron chi connectivity index (χ3n) is 7.31. The van der Waals surface area contributed by atoms with Crippen molar-refractivity contribution in [2.75, 3.05) is 0 Å². The van der Waals surface area contributed by atoms with Crippen molar-refractivity contribution in [2.45, 2.75) is 56.2 Å². The summed E-state index contributed by atoms with van der Waals surface area (Å²) in [6, 6.07) is 8.93. The van der Waals surface area contributed by atoms with Crippen LogP contribution in [0.3, 0.4) is 0 Å². The van der Waals surface area contributed by atoms with Crippen LogP contribution in [0.2, 0.25) is 5.02 Å². The van der Waals surface area contributed by atoms with E-state index in [-0.39, 0.29) is 41.8 Å². The number of ether oxygens (including phenoxy) is 1. The average molecular weight is 509 g/mol. The van der Waals surface area contributed by atoms with Gasteiger partial charge in [-0.1, -0.05) is 11.6 Å². The zero-order chi connectivity index (χ0) is 24.9. The van der Waals surface area contributed by atoms with Gasteiger partial charge in [-0.3, -0.25) is 9.59 Å². The maximum atomic E-state index is 12.9. The molecule has 2 aliphatic carbocycles. The summed E-state index contributed by atoms with van der Waals surface area (Å²) in [5.74, 6) is 0.103. The second kappa shape index (κ2) is 9.02. The molecule has 2 fully saturated rings. The molecular formula is C25H24ClF3N2O4. The van der Waals surface area contributed by atoms with E-state index in [2.05, 4.69) is 10.6 Å². The van der Waals surface area contributed by atoms with Crippen LogP contribution in [0.25, 0.3) is 0 Å². The number of carbonyl (C=O) groups excluding carboxylic acids is 2. The number of rotatable bonds is 4. The quantitative estimate of drug-likeness (QED) is 0.576. The van der Waals surface area contributed by atoms with Crippen LogP contribution in [0.4, 0.5) is 13.2 Å². The molecule has 35 heavy (non-hydrogen) atoms. The van der Waals surface area contributed by atoms with Gasteiger partial charge in [-0.25, -0.2) is 0 Å². The Balaban J connectivity index is 1.14. The topological polar surface area (TPSA) is 87.7 Å². The first-order valence-electron chi connectivity index (χ1n) is 11.5. The van der Waals surface area contributed by atoms with Gasteiger partial charge in [-0.05, 0) is 73.6 Å². The minimum absolute atomic E-state index is 0.0564. The fourth-order valence-electron chi connectivity index (χ4n) is 5.55. The molecule has 1 aliphatic heterocycles. The summed E-state index contributed by atoms with van der Waals surface area (Å²) in [4.78, 5) is 25.4. The monoisotopic (exact) mass is 508 g/mol. The first kappa shape index (κ1) is 23.9. The smallest absolute Gasteiger partial charge is 0.416 e. The van der Waals surface area contributed by atoms with E-state index in [0.717, 1.165) is 18.6 Å². The molecule has 6 atom stereocenters. The van der Waals surface area contributed by atoms with E-state index in [1.165, 1.54) is 12.1 Å². The van der Waals surface area contributed by atoms with Crippen LogP contribution >= 0.6 is 11.6 Å². The number of amides is 2. The normalized spacial score (nSPS) is 29.3. The highest BCUT2D eigenvalue weighted by molar-refractivity contribution is 6.30. The number of halogens is 4. The average Bonchev–Trinajstić information content (AvgIpc) is 3.39. The van der Waals surface area contributed by atoms with Gasteiger partial charge in [0.2, 0.25) is 0 Å². The Morgan fingerprint density at radius 2 is 1.60 bits per heavy atom. The van der Waals surface area contributed by atoms with Crippen LogP contribution in [0.15, 0.2) is 42.5 Å². The predicted octanol–water partition coefficient (Wildman–Crippen LogP) is 4.26. The molecule has 1 heterocycles. The summed E-state index contributed by atoms with van der Waals surface area (Å²) in [7, 11) is 0. The summed E-state index contributed by atoms with van der Waals surface area (Å²) in [5.41, 5.74) is -0.0531. The predicted molar refractivity (Wildman–Crippen MR) is 121 cm³/mol. The Morgan fingerprint density at radius 1 is 0.943 bits per heavy atom. The second-order valence-electron chi connectivity index (χ2n) is 9.54. The van der Waals surface area contributed by atoms with Gasteiger partial charge in [0.1, 0.15) is 5.75 Å². The van der Waals surface area contributed by atoms with Crippen molar-refractivity contribution in [1.29, 1.82) is 0 Å². The highest BCUT2D eigenvalue weighted by atomic mass is 35.5. The molecule has 186 valence electrons. The third-order valence-corrected chi connectivity index (χ3v) is 7.54. The molecule has 3 N–H and O–H groups in total. The molecule has 5 rings (SSSR count). The van der Waals surface area contributed by atoms with Gasteiger partial charge in [0.15, 0.2) is 6.10 Å². The number of benzene rings is 2. The highest BCUT2D eigenvalue weighted by Gasteiger charge is 2.47. The maximum Gasteiger partial charge on any atom is 0.416 e. The zero-order valence-corrected chi connectivity index (χ0v) is 19.3. The Hall–Kier alpha value is -2.78. The van der Waals surface area contributed by atoms with Crippen LogP contribution in [-0.2, 0) is 11.0 Å². The molecule has 0 radical (unpaired) electrons. The molecule has 0 saturated heterocycles. The number of hydrogen-bond acceptors (Lipinski definition) is 4. The van der Waals surface area contributed by atoms with Gasteiger partial charge < -0.3 is 20.5 Å². The van der Waals surface area contributed by atoms with Crippen molar-refractivity contribution in [3.8, 4) is 5.75 Å². The SMILES string of the molecule is O=C(N[C@@H]1C[C@@H]2C[C@H]1C[C@H]2NC(=O)[C@H]1C[C@@H](O)c2cc(Cl)ccc2O1)c1ccc(C(F)(F)F)cc1. The van der Waals surface area contributed by atoms with Crippen molar-refractivity contribution in [1.82, 2.24) is 10.6 Å². The molecular weight excluding hydrogens is 485 g/mol. The van der Waals surface area contributed by atoms with Crippen molar-refractivity contribution >= 4 is 23.4 Å². The Morgan fingerprint density at radius 3 is 2.23 bits per heavy atom. The van der Waals surface area contributed by atoms with E-state index >= 15 is 0 Å². The van der Waals surface area contributed by atoms with Crippen molar-refractivity contribution in [3.05, 3.63) is 64.2 Å². The van der Waals surface area contributed by atoms with E-state index in [1.807, 2.05) is 0 Å². The molecule has 0 aromatic heterocycles. The summed E-state index contributed by atoms with van der Waals surface area (Å²) in [6.45, 7) is 0. The summed E-state index contributed by atoms with van der Waals surface area (Å²) in [5, 5.41) is 16.9. The van der Waals surface area contributed by atoms with Crippen molar-refractivity contribution in [3.63, 3.8) is 0 Å². The van der Waals surface area contributed by atoms with E-state index in [9.17, 15) is 27.9 Å². The lowest BCUT2D eigenvalue weighted by Crippen LogP contribution is -2.49. The van der Waals surface area contributed by atoms with E-state index in [4.69, 9.17) is 16.3 Å². The highest BCUT2D eigenvalue weighted by Crippen LogP contribution is 2.45. The fraction of sp³-hybridized carbons (Fsp3) is 0.440. The van der Waals surface area contributed by atoms with Gasteiger partial charge in [0.05, 0.1) is 11.7 Å². The van der Waals surface area contributed by atoms with Crippen LogP contribution in [0.1, 0.15) is 53.3 Å². The largest absolute Gasteiger partial charge is 0.480 e. The standard InChI is InChI=1S/C25H24ClF3N2O4/c26-16-5-6-21-17(10-16)20(32)11-22(35-21)24(34)31-19-9-13-7-14(19)8-18(13)30-23(33)12-1-3-15(4-2-12)25(27,28)29/h1-6,10,13-14,18-20,22,32H,7-9,11H2,(H,30,33)(H,31,34)/t13-,14-,18+,19+,20+,22+/m0/s1. The van der Waals surface area contributed by atoms with Crippen molar-refractivity contribution < 1.29 is 32.6 Å². The van der Waals surface area contributed by atoms with Gasteiger partial charge in [0.25, 0.3) is 11.8 Å². The summed E-state index contributed by atoms with van der Waals surface area (Å²) < 4.78 is 44.0. The first-order chi connectivity index (χ1) is 16.6. The Labute approximate surface area is 204 Å². The molecule has 2 amide bonds. The van der Waals surface area contributed by atoms with Gasteiger partial charge >= 0.3 is 6.18 Å². The van der Waals surface area contributed by atoms with Gasteiger partial charge in [-0.2, -0.15) is 13.2 Å². The molecule has 3 aliphatic rings. The first-order valence-corrected chi connectivity index (χ1v) is 11.9. The van der Waals surface area contributed by atoms with Crippen molar-refractivity contribution in [2.24, 2.45) is 11.8 Å². The maximum absolute atomic E-state index is 12.9. The fourth-order valence-corrected chi connectivity index (χ4v) is 5.73. The minimum Gasteiger partial charge on any atom is -0.480 e.